The molecule has 1 aliphatic rings. The molecule has 0 saturated heterocycles. The summed E-state index contributed by atoms with van der Waals surface area (Å²) in [6.07, 6.45) is 1.90. The number of hydrogen-bond acceptors (Lipinski definition) is 5. The molecule has 0 spiro atoms. The molecule has 1 rings (SSSR count). The van der Waals surface area contributed by atoms with E-state index in [0.29, 0.717) is 26.0 Å². The average molecular weight is 214 g/mol. The fourth-order valence-electron chi connectivity index (χ4n) is 1.67. The molecule has 5 heteroatoms. The lowest BCUT2D eigenvalue weighted by molar-refractivity contribution is -0.170. The molecule has 0 amide bonds. The summed E-state index contributed by atoms with van der Waals surface area (Å²) in [6.45, 7) is 4.44. The summed E-state index contributed by atoms with van der Waals surface area (Å²) >= 11 is 0. The van der Waals surface area contributed by atoms with E-state index in [9.17, 15) is 4.79 Å². The molecular formula is C10H18N2O3. The molecule has 1 aliphatic heterocycles. The molecule has 2 N–H and O–H groups in total. The van der Waals surface area contributed by atoms with Crippen LogP contribution in [0.25, 0.3) is 0 Å². The molecule has 0 aromatic rings. The Hall–Kier alpha value is -1.10. The molecule has 0 bridgehead atoms. The number of ether oxygens (including phenoxy) is 1. The minimum Gasteiger partial charge on any atom is -0.463 e. The number of oxime groups is 1. The summed E-state index contributed by atoms with van der Waals surface area (Å²) in [7, 11) is 0. The zero-order valence-electron chi connectivity index (χ0n) is 9.28. The number of hydrogen-bond donors (Lipinski definition) is 1. The first-order chi connectivity index (χ1) is 7.18. The summed E-state index contributed by atoms with van der Waals surface area (Å²) in [5.41, 5.74) is 5.26. The van der Waals surface area contributed by atoms with E-state index in [1.54, 1.807) is 6.92 Å². The van der Waals surface area contributed by atoms with Crippen LogP contribution in [0, 0.1) is 0 Å². The van der Waals surface area contributed by atoms with Crippen molar-refractivity contribution in [2.45, 2.75) is 38.7 Å². The van der Waals surface area contributed by atoms with Crippen molar-refractivity contribution in [2.24, 2.45) is 10.9 Å². The van der Waals surface area contributed by atoms with Crippen LogP contribution in [-0.4, -0.2) is 30.4 Å². The molecule has 0 aromatic carbocycles. The highest BCUT2D eigenvalue weighted by Gasteiger charge is 2.46. The number of nitrogens with two attached hydrogens (primary N) is 1. The van der Waals surface area contributed by atoms with Crippen LogP contribution >= 0.6 is 0 Å². The van der Waals surface area contributed by atoms with E-state index < -0.39 is 5.60 Å². The molecule has 15 heavy (non-hydrogen) atoms. The maximum atomic E-state index is 11.8. The predicted octanol–water partition coefficient (Wildman–Crippen LogP) is 0.823. The van der Waals surface area contributed by atoms with Crippen molar-refractivity contribution in [1.82, 2.24) is 0 Å². The Balaban J connectivity index is 2.70. The van der Waals surface area contributed by atoms with E-state index in [1.165, 1.54) is 0 Å². The highest BCUT2D eigenvalue weighted by molar-refractivity contribution is 5.94. The first-order valence-electron chi connectivity index (χ1n) is 5.29. The van der Waals surface area contributed by atoms with E-state index in [4.69, 9.17) is 15.3 Å². The Bertz CT molecular complexity index is 265. The second kappa shape index (κ2) is 5.11. The highest BCUT2D eigenvalue weighted by Crippen LogP contribution is 2.30. The van der Waals surface area contributed by atoms with Crippen LogP contribution in [-0.2, 0) is 14.4 Å². The largest absolute Gasteiger partial charge is 0.463 e. The van der Waals surface area contributed by atoms with Gasteiger partial charge in [-0.2, -0.15) is 0 Å². The normalized spacial score (nSPS) is 24.6. The molecule has 1 unspecified atom stereocenters. The molecule has 1 heterocycles. The SMILES string of the molecule is CCCC1(C(=O)OCC)CC(CN)=NO1. The number of carbonyl (C=O) groups is 1. The minimum absolute atomic E-state index is 0.324. The molecule has 5 nitrogen and oxygen atoms in total. The monoisotopic (exact) mass is 214 g/mol. The first-order valence-corrected chi connectivity index (χ1v) is 5.29. The Morgan fingerprint density at radius 1 is 1.67 bits per heavy atom. The second-order valence-electron chi connectivity index (χ2n) is 3.59. The third-order valence-corrected chi connectivity index (χ3v) is 2.38. The van der Waals surface area contributed by atoms with Gasteiger partial charge < -0.3 is 15.3 Å². The van der Waals surface area contributed by atoms with Gasteiger partial charge in [-0.15, -0.1) is 0 Å². The van der Waals surface area contributed by atoms with Crippen molar-refractivity contribution in [3.63, 3.8) is 0 Å². The van der Waals surface area contributed by atoms with Crippen LogP contribution in [0.4, 0.5) is 0 Å². The summed E-state index contributed by atoms with van der Waals surface area (Å²) in [4.78, 5) is 17.0. The Kier molecular flexibility index (Phi) is 4.08. The van der Waals surface area contributed by atoms with Crippen LogP contribution in [0.15, 0.2) is 5.16 Å². The van der Waals surface area contributed by atoms with Gasteiger partial charge in [0.05, 0.1) is 12.3 Å². The quantitative estimate of drug-likeness (QED) is 0.688. The van der Waals surface area contributed by atoms with Gasteiger partial charge in [0, 0.05) is 19.4 Å². The molecule has 1 atom stereocenters. The summed E-state index contributed by atoms with van der Waals surface area (Å²) < 4.78 is 5.00. The van der Waals surface area contributed by atoms with Gasteiger partial charge in [-0.1, -0.05) is 18.5 Å². The van der Waals surface area contributed by atoms with Gasteiger partial charge >= 0.3 is 5.97 Å². The Morgan fingerprint density at radius 3 is 2.87 bits per heavy atom. The van der Waals surface area contributed by atoms with Gasteiger partial charge in [-0.05, 0) is 6.92 Å². The van der Waals surface area contributed by atoms with Crippen LogP contribution < -0.4 is 5.73 Å². The van der Waals surface area contributed by atoms with Crippen molar-refractivity contribution >= 4 is 11.7 Å². The Morgan fingerprint density at radius 2 is 2.40 bits per heavy atom. The third kappa shape index (κ3) is 2.47. The van der Waals surface area contributed by atoms with Crippen molar-refractivity contribution in [2.75, 3.05) is 13.2 Å². The summed E-state index contributed by atoms with van der Waals surface area (Å²) in [6, 6.07) is 0. The van der Waals surface area contributed by atoms with E-state index in [0.717, 1.165) is 12.1 Å². The van der Waals surface area contributed by atoms with Gasteiger partial charge in [-0.3, -0.25) is 0 Å². The lowest BCUT2D eigenvalue weighted by Crippen LogP contribution is -2.41. The standard InChI is InChI=1S/C10H18N2O3/c1-3-5-10(9(13)14-4-2)6-8(7-11)12-15-10/h3-7,11H2,1-2H3. The zero-order chi connectivity index (χ0) is 11.3. The Labute approximate surface area is 89.6 Å². The fourth-order valence-corrected chi connectivity index (χ4v) is 1.67. The van der Waals surface area contributed by atoms with E-state index in [-0.39, 0.29) is 5.97 Å². The predicted molar refractivity (Wildman–Crippen MR) is 56.5 cm³/mol. The molecule has 0 saturated carbocycles. The minimum atomic E-state index is -0.917. The second-order valence-corrected chi connectivity index (χ2v) is 3.59. The molecule has 86 valence electrons. The summed E-state index contributed by atoms with van der Waals surface area (Å²) in [5, 5.41) is 3.82. The fraction of sp³-hybridized carbons (Fsp3) is 0.800. The van der Waals surface area contributed by atoms with Crippen molar-refractivity contribution < 1.29 is 14.4 Å². The number of rotatable bonds is 5. The average Bonchev–Trinajstić information content (AvgIpc) is 2.64. The molecule has 0 fully saturated rings. The van der Waals surface area contributed by atoms with Gasteiger partial charge in [0.25, 0.3) is 0 Å². The van der Waals surface area contributed by atoms with Crippen LogP contribution in [0.2, 0.25) is 0 Å². The third-order valence-electron chi connectivity index (χ3n) is 2.38. The molecular weight excluding hydrogens is 196 g/mol. The van der Waals surface area contributed by atoms with E-state index in [2.05, 4.69) is 5.16 Å². The molecule has 0 aromatic heterocycles. The van der Waals surface area contributed by atoms with Crippen LogP contribution in [0.3, 0.4) is 0 Å². The van der Waals surface area contributed by atoms with Crippen molar-refractivity contribution in [1.29, 1.82) is 0 Å². The molecule has 0 aliphatic carbocycles. The number of nitrogens with zero attached hydrogens (tertiary/aromatic N) is 1. The summed E-state index contributed by atoms with van der Waals surface area (Å²) in [5.74, 6) is -0.334. The molecule has 0 radical (unpaired) electrons. The maximum absolute atomic E-state index is 11.8. The topological polar surface area (TPSA) is 73.9 Å². The lowest BCUT2D eigenvalue weighted by atomic mass is 9.92. The van der Waals surface area contributed by atoms with Crippen molar-refractivity contribution in [3.05, 3.63) is 0 Å². The zero-order valence-corrected chi connectivity index (χ0v) is 9.28. The van der Waals surface area contributed by atoms with Gasteiger partial charge in [0.15, 0.2) is 0 Å². The van der Waals surface area contributed by atoms with Crippen molar-refractivity contribution in [3.8, 4) is 0 Å². The first kappa shape index (κ1) is 12.0. The van der Waals surface area contributed by atoms with Gasteiger partial charge in [0.1, 0.15) is 0 Å². The van der Waals surface area contributed by atoms with Gasteiger partial charge in [-0.25, -0.2) is 4.79 Å². The van der Waals surface area contributed by atoms with Crippen LogP contribution in [0.5, 0.6) is 0 Å². The van der Waals surface area contributed by atoms with E-state index >= 15 is 0 Å². The highest BCUT2D eigenvalue weighted by atomic mass is 16.7. The number of carbonyl (C=O) groups excluding carboxylic acids is 1. The smallest absolute Gasteiger partial charge is 0.353 e. The number of esters is 1. The van der Waals surface area contributed by atoms with Gasteiger partial charge in [0.2, 0.25) is 5.60 Å². The maximum Gasteiger partial charge on any atom is 0.353 e. The van der Waals surface area contributed by atoms with Crippen LogP contribution in [0.1, 0.15) is 33.1 Å². The van der Waals surface area contributed by atoms with E-state index in [1.807, 2.05) is 6.92 Å². The lowest BCUT2D eigenvalue weighted by Gasteiger charge is -2.23.